The Morgan fingerprint density at radius 2 is 1.38 bits per heavy atom. The maximum Gasteiger partial charge on any atom is 0.338 e. The number of esters is 1. The molecule has 0 saturated heterocycles. The second-order valence-corrected chi connectivity index (χ2v) is 7.23. The minimum Gasteiger partial charge on any atom is -0.462 e. The van der Waals surface area contributed by atoms with E-state index in [1.807, 2.05) is 43.3 Å². The van der Waals surface area contributed by atoms with E-state index in [4.69, 9.17) is 4.74 Å². The van der Waals surface area contributed by atoms with E-state index in [9.17, 15) is 14.4 Å². The molecule has 1 saturated carbocycles. The Labute approximate surface area is 170 Å². The summed E-state index contributed by atoms with van der Waals surface area (Å²) in [4.78, 5) is 39.1. The largest absolute Gasteiger partial charge is 0.462 e. The lowest BCUT2D eigenvalue weighted by molar-refractivity contribution is -0.131. The smallest absolute Gasteiger partial charge is 0.338 e. The van der Waals surface area contributed by atoms with Crippen molar-refractivity contribution in [3.8, 4) is 0 Å². The number of carbonyl (C=O) groups excluding carboxylic acids is 3. The number of anilines is 3. The molecular weight excluding hydrogens is 370 g/mol. The van der Waals surface area contributed by atoms with Gasteiger partial charge in [0, 0.05) is 31.2 Å². The zero-order chi connectivity index (χ0) is 21.0. The quantitative estimate of drug-likeness (QED) is 0.555. The van der Waals surface area contributed by atoms with Crippen LogP contribution in [-0.2, 0) is 14.3 Å². The van der Waals surface area contributed by atoms with Crippen LogP contribution < -0.4 is 15.5 Å². The van der Waals surface area contributed by atoms with Gasteiger partial charge >= 0.3 is 5.97 Å². The SMILES string of the molecule is CCOC(=O)c1ccc(NC(=O)C2(C(=O)Nc3ccc(N(C)C)cc3)CC2)cc1. The van der Waals surface area contributed by atoms with Crippen LogP contribution in [0.1, 0.15) is 30.1 Å². The highest BCUT2D eigenvalue weighted by Gasteiger charge is 2.56. The summed E-state index contributed by atoms with van der Waals surface area (Å²) in [5, 5.41) is 5.61. The van der Waals surface area contributed by atoms with Crippen molar-refractivity contribution in [3.63, 3.8) is 0 Å². The van der Waals surface area contributed by atoms with E-state index < -0.39 is 11.4 Å². The molecule has 0 aliphatic heterocycles. The van der Waals surface area contributed by atoms with Crippen LogP contribution in [-0.4, -0.2) is 38.5 Å². The van der Waals surface area contributed by atoms with Gasteiger partial charge in [-0.1, -0.05) is 0 Å². The van der Waals surface area contributed by atoms with Gasteiger partial charge in [0.25, 0.3) is 0 Å². The maximum absolute atomic E-state index is 12.7. The van der Waals surface area contributed by atoms with E-state index >= 15 is 0 Å². The third kappa shape index (κ3) is 4.56. The summed E-state index contributed by atoms with van der Waals surface area (Å²) in [6.45, 7) is 2.04. The molecule has 7 nitrogen and oxygen atoms in total. The van der Waals surface area contributed by atoms with E-state index in [-0.39, 0.29) is 11.8 Å². The monoisotopic (exact) mass is 395 g/mol. The molecule has 0 aromatic heterocycles. The summed E-state index contributed by atoms with van der Waals surface area (Å²) in [5.41, 5.74) is 1.55. The fourth-order valence-electron chi connectivity index (χ4n) is 2.93. The van der Waals surface area contributed by atoms with Crippen molar-refractivity contribution in [1.82, 2.24) is 0 Å². The molecule has 2 aromatic rings. The lowest BCUT2D eigenvalue weighted by Crippen LogP contribution is -2.35. The number of hydrogen-bond acceptors (Lipinski definition) is 5. The van der Waals surface area contributed by atoms with Crippen molar-refractivity contribution >= 4 is 34.8 Å². The summed E-state index contributed by atoms with van der Waals surface area (Å²) in [6, 6.07) is 13.8. The van der Waals surface area contributed by atoms with Gasteiger partial charge in [0.1, 0.15) is 5.41 Å². The normalized spacial score (nSPS) is 13.9. The van der Waals surface area contributed by atoms with Crippen molar-refractivity contribution in [1.29, 1.82) is 0 Å². The third-order valence-electron chi connectivity index (χ3n) is 4.91. The summed E-state index contributed by atoms with van der Waals surface area (Å²) in [5.74, 6) is -1.07. The van der Waals surface area contributed by atoms with Gasteiger partial charge in [-0.3, -0.25) is 9.59 Å². The topological polar surface area (TPSA) is 87.7 Å². The second kappa shape index (κ2) is 8.34. The van der Waals surface area contributed by atoms with Crippen molar-refractivity contribution in [2.24, 2.45) is 5.41 Å². The van der Waals surface area contributed by atoms with Crippen LogP contribution in [0.3, 0.4) is 0 Å². The van der Waals surface area contributed by atoms with Crippen molar-refractivity contribution in [3.05, 3.63) is 54.1 Å². The molecule has 2 amide bonds. The van der Waals surface area contributed by atoms with Crippen molar-refractivity contribution in [2.45, 2.75) is 19.8 Å². The molecule has 152 valence electrons. The van der Waals surface area contributed by atoms with E-state index in [1.165, 1.54) is 0 Å². The van der Waals surface area contributed by atoms with Gasteiger partial charge in [0.15, 0.2) is 0 Å². The minimum absolute atomic E-state index is 0.298. The number of nitrogens with zero attached hydrogens (tertiary/aromatic N) is 1. The van der Waals surface area contributed by atoms with Crippen LogP contribution in [0.25, 0.3) is 0 Å². The second-order valence-electron chi connectivity index (χ2n) is 7.23. The lowest BCUT2D eigenvalue weighted by atomic mass is 10.0. The van der Waals surface area contributed by atoms with Gasteiger partial charge in [-0.15, -0.1) is 0 Å². The Morgan fingerprint density at radius 3 is 1.79 bits per heavy atom. The Balaban J connectivity index is 1.62. The van der Waals surface area contributed by atoms with E-state index in [0.717, 1.165) is 5.69 Å². The Hall–Kier alpha value is -3.35. The minimum atomic E-state index is -1.06. The molecule has 0 heterocycles. The number of amides is 2. The molecule has 3 rings (SSSR count). The fraction of sp³-hybridized carbons (Fsp3) is 0.318. The Bertz CT molecular complexity index is 901. The van der Waals surface area contributed by atoms with Crippen LogP contribution in [0, 0.1) is 5.41 Å². The third-order valence-corrected chi connectivity index (χ3v) is 4.91. The maximum atomic E-state index is 12.7. The first-order valence-electron chi connectivity index (χ1n) is 9.53. The first-order valence-corrected chi connectivity index (χ1v) is 9.53. The highest BCUT2D eigenvalue weighted by molar-refractivity contribution is 6.17. The van der Waals surface area contributed by atoms with Gasteiger partial charge in [0.05, 0.1) is 12.2 Å². The van der Waals surface area contributed by atoms with Crippen molar-refractivity contribution < 1.29 is 19.1 Å². The Morgan fingerprint density at radius 1 is 0.897 bits per heavy atom. The Kier molecular flexibility index (Phi) is 5.87. The average Bonchev–Trinajstić information content (AvgIpc) is 3.51. The molecule has 29 heavy (non-hydrogen) atoms. The zero-order valence-electron chi connectivity index (χ0n) is 16.8. The van der Waals surface area contributed by atoms with Gasteiger partial charge in [-0.2, -0.15) is 0 Å². The highest BCUT2D eigenvalue weighted by Crippen LogP contribution is 2.47. The molecule has 1 aliphatic rings. The summed E-state index contributed by atoms with van der Waals surface area (Å²) >= 11 is 0. The fourth-order valence-corrected chi connectivity index (χ4v) is 2.93. The van der Waals surface area contributed by atoms with Gasteiger partial charge < -0.3 is 20.3 Å². The summed E-state index contributed by atoms with van der Waals surface area (Å²) in [7, 11) is 3.88. The van der Waals surface area contributed by atoms with Gasteiger partial charge in [-0.05, 0) is 68.3 Å². The predicted octanol–water partition coefficient (Wildman–Crippen LogP) is 3.29. The molecule has 1 fully saturated rings. The van der Waals surface area contributed by atoms with E-state index in [1.54, 1.807) is 31.2 Å². The highest BCUT2D eigenvalue weighted by atomic mass is 16.5. The predicted molar refractivity (Wildman–Crippen MR) is 112 cm³/mol. The molecule has 2 aromatic carbocycles. The van der Waals surface area contributed by atoms with Gasteiger partial charge in [-0.25, -0.2) is 4.79 Å². The molecule has 0 atom stereocenters. The molecule has 7 heteroatoms. The van der Waals surface area contributed by atoms with Crippen LogP contribution in [0.4, 0.5) is 17.1 Å². The number of rotatable bonds is 7. The molecule has 0 spiro atoms. The molecule has 1 aliphatic carbocycles. The molecule has 2 N–H and O–H groups in total. The van der Waals surface area contributed by atoms with E-state index in [2.05, 4.69) is 10.6 Å². The summed E-state index contributed by atoms with van der Waals surface area (Å²) < 4.78 is 4.94. The number of hydrogen-bond donors (Lipinski definition) is 2. The number of nitrogens with one attached hydrogen (secondary N) is 2. The molecular formula is C22H25N3O4. The first-order chi connectivity index (χ1) is 13.9. The zero-order valence-corrected chi connectivity index (χ0v) is 16.8. The molecule has 0 unspecified atom stereocenters. The molecule has 0 bridgehead atoms. The van der Waals surface area contributed by atoms with Crippen LogP contribution in [0.5, 0.6) is 0 Å². The number of ether oxygens (including phenoxy) is 1. The first kappa shape index (κ1) is 20.4. The number of benzene rings is 2. The van der Waals surface area contributed by atoms with Crippen molar-refractivity contribution in [2.75, 3.05) is 36.2 Å². The van der Waals surface area contributed by atoms with Crippen LogP contribution in [0.2, 0.25) is 0 Å². The molecule has 0 radical (unpaired) electrons. The van der Waals surface area contributed by atoms with Gasteiger partial charge in [0.2, 0.25) is 11.8 Å². The van der Waals surface area contributed by atoms with Crippen LogP contribution in [0.15, 0.2) is 48.5 Å². The van der Waals surface area contributed by atoms with Crippen LogP contribution >= 0.6 is 0 Å². The lowest BCUT2D eigenvalue weighted by Gasteiger charge is -2.17. The average molecular weight is 395 g/mol. The number of carbonyl (C=O) groups is 3. The van der Waals surface area contributed by atoms with E-state index in [0.29, 0.717) is 36.4 Å². The summed E-state index contributed by atoms with van der Waals surface area (Å²) in [6.07, 6.45) is 1.00. The standard InChI is InChI=1S/C22H25N3O4/c1-4-29-19(26)15-5-7-16(8-6-15)23-20(27)22(13-14-22)21(28)24-17-9-11-18(12-10-17)25(2)3/h5-12H,4,13-14H2,1-3H3,(H,23,27)(H,24,28).